The fraction of sp³-hybridized carbons (Fsp3) is 0.846. The third kappa shape index (κ3) is 33.3. The lowest BCUT2D eigenvalue weighted by molar-refractivity contribution is -0.163. The SMILES string of the molecule is CCCCC/C=C\C/C=C\CCCCCCCC(=O)OCC(COCCCCCCCC)OC(=O)CCCCCCCCC. The molecule has 0 aliphatic heterocycles. The molecule has 0 spiro atoms. The summed E-state index contributed by atoms with van der Waals surface area (Å²) in [6.45, 7) is 7.71. The molecule has 0 saturated heterocycles. The lowest BCUT2D eigenvalue weighted by Crippen LogP contribution is -2.30. The Hall–Kier alpha value is -1.62. The third-order valence-electron chi connectivity index (χ3n) is 7.99. The normalized spacial score (nSPS) is 12.3. The molecule has 0 saturated carbocycles. The number of unbranched alkanes of at least 4 members (excludes halogenated alkanes) is 19. The first-order valence-corrected chi connectivity index (χ1v) is 18.9. The number of ether oxygens (including phenoxy) is 3. The Bertz CT molecular complexity index is 671. The van der Waals surface area contributed by atoms with Crippen molar-refractivity contribution in [2.24, 2.45) is 0 Å². The van der Waals surface area contributed by atoms with Crippen LogP contribution in [-0.4, -0.2) is 37.9 Å². The van der Waals surface area contributed by atoms with Crippen LogP contribution < -0.4 is 0 Å². The molecule has 0 aliphatic rings. The summed E-state index contributed by atoms with van der Waals surface area (Å²) >= 11 is 0. The van der Waals surface area contributed by atoms with Gasteiger partial charge in [0.15, 0.2) is 6.10 Å². The minimum absolute atomic E-state index is 0.0817. The zero-order valence-electron chi connectivity index (χ0n) is 29.4. The van der Waals surface area contributed by atoms with Crippen molar-refractivity contribution < 1.29 is 23.8 Å². The molecular formula is C39H72O5. The number of carbonyl (C=O) groups is 2. The average Bonchev–Trinajstić information content (AvgIpc) is 3.02. The van der Waals surface area contributed by atoms with E-state index < -0.39 is 6.10 Å². The molecule has 0 aromatic carbocycles. The minimum atomic E-state index is -0.527. The predicted octanol–water partition coefficient (Wildman–Crippen LogP) is 11.8. The second-order valence-electron chi connectivity index (χ2n) is 12.5. The summed E-state index contributed by atoms with van der Waals surface area (Å²) in [7, 11) is 0. The van der Waals surface area contributed by atoms with Gasteiger partial charge in [-0.2, -0.15) is 0 Å². The molecule has 5 nitrogen and oxygen atoms in total. The van der Waals surface area contributed by atoms with Crippen LogP contribution in [0.4, 0.5) is 0 Å². The van der Waals surface area contributed by atoms with Crippen molar-refractivity contribution in [3.63, 3.8) is 0 Å². The molecule has 0 amide bonds. The fourth-order valence-corrected chi connectivity index (χ4v) is 5.13. The second-order valence-corrected chi connectivity index (χ2v) is 12.5. The lowest BCUT2D eigenvalue weighted by atomic mass is 10.1. The van der Waals surface area contributed by atoms with E-state index in [4.69, 9.17) is 14.2 Å². The van der Waals surface area contributed by atoms with Gasteiger partial charge in [-0.1, -0.05) is 148 Å². The molecule has 0 fully saturated rings. The van der Waals surface area contributed by atoms with E-state index in [1.165, 1.54) is 96.3 Å². The van der Waals surface area contributed by atoms with Gasteiger partial charge >= 0.3 is 11.9 Å². The van der Waals surface area contributed by atoms with Crippen LogP contribution in [0.3, 0.4) is 0 Å². The maximum Gasteiger partial charge on any atom is 0.306 e. The van der Waals surface area contributed by atoms with Gasteiger partial charge in [-0.3, -0.25) is 9.59 Å². The van der Waals surface area contributed by atoms with E-state index in [9.17, 15) is 9.59 Å². The molecule has 0 radical (unpaired) electrons. The summed E-state index contributed by atoms with van der Waals surface area (Å²) in [5.74, 6) is -0.420. The fourth-order valence-electron chi connectivity index (χ4n) is 5.13. The van der Waals surface area contributed by atoms with Crippen molar-refractivity contribution in [1.29, 1.82) is 0 Å². The second kappa shape index (κ2) is 35.9. The van der Waals surface area contributed by atoms with Crippen LogP contribution in [0, 0.1) is 0 Å². The van der Waals surface area contributed by atoms with Crippen molar-refractivity contribution in [3.8, 4) is 0 Å². The highest BCUT2D eigenvalue weighted by atomic mass is 16.6. The van der Waals surface area contributed by atoms with Gasteiger partial charge in [0.25, 0.3) is 0 Å². The molecule has 0 aliphatic carbocycles. The van der Waals surface area contributed by atoms with Crippen LogP contribution >= 0.6 is 0 Å². The van der Waals surface area contributed by atoms with Gasteiger partial charge in [0, 0.05) is 19.4 Å². The van der Waals surface area contributed by atoms with E-state index in [0.717, 1.165) is 57.8 Å². The Morgan fingerprint density at radius 2 is 0.955 bits per heavy atom. The van der Waals surface area contributed by atoms with Crippen LogP contribution in [0.5, 0.6) is 0 Å². The summed E-state index contributed by atoms with van der Waals surface area (Å²) in [5.41, 5.74) is 0. The molecule has 0 aromatic heterocycles. The van der Waals surface area contributed by atoms with Gasteiger partial charge in [0.05, 0.1) is 6.61 Å². The Balaban J connectivity index is 4.12. The first kappa shape index (κ1) is 42.4. The summed E-state index contributed by atoms with van der Waals surface area (Å²) in [6, 6.07) is 0. The zero-order valence-corrected chi connectivity index (χ0v) is 29.4. The van der Waals surface area contributed by atoms with E-state index >= 15 is 0 Å². The highest BCUT2D eigenvalue weighted by Crippen LogP contribution is 2.12. The molecule has 1 atom stereocenters. The smallest absolute Gasteiger partial charge is 0.306 e. The van der Waals surface area contributed by atoms with E-state index in [0.29, 0.717) is 19.4 Å². The Labute approximate surface area is 273 Å². The molecule has 1 unspecified atom stereocenters. The quantitative estimate of drug-likeness (QED) is 0.0407. The summed E-state index contributed by atoms with van der Waals surface area (Å²) < 4.78 is 17.0. The van der Waals surface area contributed by atoms with Crippen molar-refractivity contribution in [1.82, 2.24) is 0 Å². The maximum absolute atomic E-state index is 12.5. The molecule has 0 heterocycles. The number of rotatable bonds is 34. The van der Waals surface area contributed by atoms with E-state index in [-0.39, 0.29) is 25.2 Å². The highest BCUT2D eigenvalue weighted by Gasteiger charge is 2.17. The van der Waals surface area contributed by atoms with E-state index in [1.54, 1.807) is 0 Å². The van der Waals surface area contributed by atoms with Gasteiger partial charge < -0.3 is 14.2 Å². The monoisotopic (exact) mass is 621 g/mol. The molecule has 0 bridgehead atoms. The standard InChI is InChI=1S/C39H72O5/c1-4-7-10-13-16-17-18-19-20-21-22-23-25-26-29-32-38(40)43-36-37(35-42-34-31-28-15-12-9-6-3)44-39(41)33-30-27-24-14-11-8-5-2/h16-17,19-20,37H,4-15,18,21-36H2,1-3H3/b17-16-,20-19-. The topological polar surface area (TPSA) is 61.8 Å². The van der Waals surface area contributed by atoms with Crippen molar-refractivity contribution in [3.05, 3.63) is 24.3 Å². The van der Waals surface area contributed by atoms with Gasteiger partial charge in [-0.25, -0.2) is 0 Å². The molecule has 0 N–H and O–H groups in total. The Morgan fingerprint density at radius 3 is 1.55 bits per heavy atom. The van der Waals surface area contributed by atoms with Gasteiger partial charge in [-0.15, -0.1) is 0 Å². The van der Waals surface area contributed by atoms with Gasteiger partial charge in [0.2, 0.25) is 0 Å². The van der Waals surface area contributed by atoms with Crippen LogP contribution in [-0.2, 0) is 23.8 Å². The van der Waals surface area contributed by atoms with Crippen LogP contribution in [0.15, 0.2) is 24.3 Å². The molecule has 0 aromatic rings. The number of hydrogen-bond donors (Lipinski definition) is 0. The number of hydrogen-bond acceptors (Lipinski definition) is 5. The Kier molecular flexibility index (Phi) is 34.5. The van der Waals surface area contributed by atoms with Crippen molar-refractivity contribution >= 4 is 11.9 Å². The zero-order chi connectivity index (χ0) is 32.2. The van der Waals surface area contributed by atoms with Gasteiger partial charge in [-0.05, 0) is 51.4 Å². The van der Waals surface area contributed by atoms with Crippen LogP contribution in [0.25, 0.3) is 0 Å². The molecule has 5 heteroatoms. The molecule has 44 heavy (non-hydrogen) atoms. The van der Waals surface area contributed by atoms with E-state index in [1.807, 2.05) is 0 Å². The molecular weight excluding hydrogens is 548 g/mol. The minimum Gasteiger partial charge on any atom is -0.462 e. The highest BCUT2D eigenvalue weighted by molar-refractivity contribution is 5.70. The first-order valence-electron chi connectivity index (χ1n) is 18.9. The molecule has 0 rings (SSSR count). The van der Waals surface area contributed by atoms with Gasteiger partial charge in [0.1, 0.15) is 6.61 Å². The van der Waals surface area contributed by atoms with Crippen molar-refractivity contribution in [2.45, 2.75) is 194 Å². The third-order valence-corrected chi connectivity index (χ3v) is 7.99. The summed E-state index contributed by atoms with van der Waals surface area (Å²) in [4.78, 5) is 24.8. The number of carbonyl (C=O) groups excluding carboxylic acids is 2. The predicted molar refractivity (Wildman–Crippen MR) is 187 cm³/mol. The Morgan fingerprint density at radius 1 is 0.500 bits per heavy atom. The number of esters is 2. The summed E-state index contributed by atoms with van der Waals surface area (Å²) in [6.07, 6.45) is 37.5. The largest absolute Gasteiger partial charge is 0.462 e. The average molecular weight is 621 g/mol. The van der Waals surface area contributed by atoms with Crippen LogP contribution in [0.1, 0.15) is 188 Å². The van der Waals surface area contributed by atoms with Crippen molar-refractivity contribution in [2.75, 3.05) is 19.8 Å². The van der Waals surface area contributed by atoms with Crippen LogP contribution in [0.2, 0.25) is 0 Å². The van der Waals surface area contributed by atoms with E-state index in [2.05, 4.69) is 45.1 Å². The first-order chi connectivity index (χ1) is 21.6. The maximum atomic E-state index is 12.5. The molecule has 258 valence electrons. The lowest BCUT2D eigenvalue weighted by Gasteiger charge is -2.18. The number of allylic oxidation sites excluding steroid dienone is 4. The summed E-state index contributed by atoms with van der Waals surface area (Å²) in [5, 5.41) is 0.